The molecule has 4 nitrogen and oxygen atoms in total. The van der Waals surface area contributed by atoms with Gasteiger partial charge in [0.2, 0.25) is 0 Å². The van der Waals surface area contributed by atoms with E-state index in [0.717, 1.165) is 11.4 Å². The van der Waals surface area contributed by atoms with Crippen LogP contribution >= 0.6 is 11.3 Å². The fourth-order valence-electron chi connectivity index (χ4n) is 1.39. The van der Waals surface area contributed by atoms with Gasteiger partial charge in [0.25, 0.3) is 5.91 Å². The van der Waals surface area contributed by atoms with Crippen LogP contribution in [0.5, 0.6) is 0 Å². The minimum Gasteiger partial charge on any atom is -0.326 e. The van der Waals surface area contributed by atoms with Crippen molar-refractivity contribution in [1.29, 1.82) is 0 Å². The van der Waals surface area contributed by atoms with Crippen molar-refractivity contribution in [2.45, 2.75) is 26.3 Å². The first-order chi connectivity index (χ1) is 8.10. The van der Waals surface area contributed by atoms with Crippen molar-refractivity contribution in [1.82, 2.24) is 9.88 Å². The van der Waals surface area contributed by atoms with Gasteiger partial charge in [0, 0.05) is 11.9 Å². The number of nitrogens with two attached hydrogens (primary N) is 1. The molecule has 0 aliphatic heterocycles. The monoisotopic (exact) mass is 251 g/mol. The first kappa shape index (κ1) is 13.7. The van der Waals surface area contributed by atoms with Gasteiger partial charge in [0.1, 0.15) is 10.7 Å². The highest BCUT2D eigenvalue weighted by Crippen LogP contribution is 2.17. The number of amides is 1. The molecule has 0 spiro atoms. The van der Waals surface area contributed by atoms with E-state index >= 15 is 0 Å². The van der Waals surface area contributed by atoms with Crippen molar-refractivity contribution < 1.29 is 4.79 Å². The zero-order valence-corrected chi connectivity index (χ0v) is 11.0. The van der Waals surface area contributed by atoms with E-state index in [2.05, 4.69) is 10.9 Å². The van der Waals surface area contributed by atoms with E-state index in [4.69, 9.17) is 12.2 Å². The van der Waals surface area contributed by atoms with Crippen molar-refractivity contribution in [3.63, 3.8) is 0 Å². The molecule has 5 heteroatoms. The van der Waals surface area contributed by atoms with E-state index in [1.54, 1.807) is 10.3 Å². The Morgan fingerprint density at radius 3 is 2.94 bits per heavy atom. The molecule has 1 atom stereocenters. The molecule has 0 bridgehead atoms. The van der Waals surface area contributed by atoms with Crippen LogP contribution in [0.1, 0.15) is 41.8 Å². The zero-order chi connectivity index (χ0) is 12.8. The van der Waals surface area contributed by atoms with E-state index in [0.29, 0.717) is 18.8 Å². The van der Waals surface area contributed by atoms with E-state index < -0.39 is 0 Å². The maximum absolute atomic E-state index is 12.1. The van der Waals surface area contributed by atoms with Crippen molar-refractivity contribution >= 4 is 17.2 Å². The number of rotatable bonds is 5. The standard InChI is InChI=1S/C12H17N3OS/c1-4-6-15(7-5-2)12(16)10-8-17-11(14-10)9(3)13/h1,8-9H,5-7,13H2,2-3H3. The lowest BCUT2D eigenvalue weighted by Gasteiger charge is -2.17. The fourth-order valence-corrected chi connectivity index (χ4v) is 2.14. The Bertz CT molecular complexity index is 420. The van der Waals surface area contributed by atoms with Crippen molar-refractivity contribution in [2.24, 2.45) is 5.73 Å². The molecule has 1 heterocycles. The Kier molecular flexibility index (Phi) is 5.13. The second kappa shape index (κ2) is 6.38. The van der Waals surface area contributed by atoms with Gasteiger partial charge in [0.15, 0.2) is 0 Å². The number of hydrogen-bond acceptors (Lipinski definition) is 4. The predicted octanol–water partition coefficient (Wildman–Crippen LogP) is 1.65. The van der Waals surface area contributed by atoms with Gasteiger partial charge in [-0.3, -0.25) is 4.79 Å². The van der Waals surface area contributed by atoms with Gasteiger partial charge in [0.05, 0.1) is 12.6 Å². The summed E-state index contributed by atoms with van der Waals surface area (Å²) < 4.78 is 0. The second-order valence-corrected chi connectivity index (χ2v) is 4.68. The molecule has 1 aromatic rings. The van der Waals surface area contributed by atoms with Crippen LogP contribution < -0.4 is 5.73 Å². The minimum atomic E-state index is -0.145. The predicted molar refractivity (Wildman–Crippen MR) is 69.7 cm³/mol. The van der Waals surface area contributed by atoms with Crippen molar-refractivity contribution in [2.75, 3.05) is 13.1 Å². The number of carbonyl (C=O) groups is 1. The Morgan fingerprint density at radius 2 is 2.47 bits per heavy atom. The van der Waals surface area contributed by atoms with E-state index in [1.165, 1.54) is 11.3 Å². The van der Waals surface area contributed by atoms with E-state index in [9.17, 15) is 4.79 Å². The van der Waals surface area contributed by atoms with Crippen molar-refractivity contribution in [3.05, 3.63) is 16.1 Å². The summed E-state index contributed by atoms with van der Waals surface area (Å²) in [7, 11) is 0. The topological polar surface area (TPSA) is 59.2 Å². The number of carbonyl (C=O) groups excluding carboxylic acids is 1. The molecule has 0 saturated heterocycles. The molecule has 1 aromatic heterocycles. The second-order valence-electron chi connectivity index (χ2n) is 3.79. The van der Waals surface area contributed by atoms with Gasteiger partial charge < -0.3 is 10.6 Å². The van der Waals surface area contributed by atoms with E-state index in [-0.39, 0.29) is 11.9 Å². The first-order valence-corrected chi connectivity index (χ1v) is 6.41. The van der Waals surface area contributed by atoms with Gasteiger partial charge >= 0.3 is 0 Å². The molecular weight excluding hydrogens is 234 g/mol. The molecule has 17 heavy (non-hydrogen) atoms. The number of aromatic nitrogens is 1. The van der Waals surface area contributed by atoms with Crippen LogP contribution in [0, 0.1) is 12.3 Å². The lowest BCUT2D eigenvalue weighted by Crippen LogP contribution is -2.32. The third-order valence-electron chi connectivity index (χ3n) is 2.19. The molecule has 1 unspecified atom stereocenters. The molecule has 0 aliphatic rings. The number of terminal acetylenes is 1. The van der Waals surface area contributed by atoms with Gasteiger partial charge in [-0.2, -0.15) is 0 Å². The molecule has 92 valence electrons. The SMILES string of the molecule is C#CCN(CCC)C(=O)c1csc(C(C)N)n1. The van der Waals surface area contributed by atoms with Crippen LogP contribution in [0.25, 0.3) is 0 Å². The molecule has 0 aliphatic carbocycles. The summed E-state index contributed by atoms with van der Waals surface area (Å²) in [5, 5.41) is 2.51. The van der Waals surface area contributed by atoms with Gasteiger partial charge in [-0.25, -0.2) is 4.98 Å². The molecular formula is C12H17N3OS. The van der Waals surface area contributed by atoms with Crippen LogP contribution in [0.15, 0.2) is 5.38 Å². The Labute approximate surface area is 106 Å². The number of nitrogens with zero attached hydrogens (tertiary/aromatic N) is 2. The van der Waals surface area contributed by atoms with Crippen LogP contribution in [0.3, 0.4) is 0 Å². The van der Waals surface area contributed by atoms with Crippen LogP contribution in [0.2, 0.25) is 0 Å². The average molecular weight is 251 g/mol. The molecule has 1 amide bonds. The summed E-state index contributed by atoms with van der Waals surface area (Å²) in [6.07, 6.45) is 6.12. The lowest BCUT2D eigenvalue weighted by molar-refractivity contribution is 0.0771. The number of thiazole rings is 1. The fraction of sp³-hybridized carbons (Fsp3) is 0.500. The maximum atomic E-state index is 12.1. The third-order valence-corrected chi connectivity index (χ3v) is 3.24. The van der Waals surface area contributed by atoms with Crippen LogP contribution in [0.4, 0.5) is 0 Å². The minimum absolute atomic E-state index is 0.118. The summed E-state index contributed by atoms with van der Waals surface area (Å²) >= 11 is 1.40. The molecule has 0 fully saturated rings. The highest BCUT2D eigenvalue weighted by molar-refractivity contribution is 7.09. The summed E-state index contributed by atoms with van der Waals surface area (Å²) in [6, 6.07) is -0.145. The number of hydrogen-bond donors (Lipinski definition) is 1. The quantitative estimate of drug-likeness (QED) is 0.809. The van der Waals surface area contributed by atoms with Gasteiger partial charge in [-0.1, -0.05) is 12.8 Å². The van der Waals surface area contributed by atoms with Crippen LogP contribution in [-0.2, 0) is 0 Å². The summed E-state index contributed by atoms with van der Waals surface area (Å²) in [5.74, 6) is 2.37. The van der Waals surface area contributed by atoms with Crippen molar-refractivity contribution in [3.8, 4) is 12.3 Å². The Morgan fingerprint density at radius 1 is 1.76 bits per heavy atom. The highest BCUT2D eigenvalue weighted by Gasteiger charge is 2.18. The summed E-state index contributed by atoms with van der Waals surface area (Å²) in [6.45, 7) is 4.81. The highest BCUT2D eigenvalue weighted by atomic mass is 32.1. The summed E-state index contributed by atoms with van der Waals surface area (Å²) in [4.78, 5) is 17.9. The van der Waals surface area contributed by atoms with E-state index in [1.807, 2.05) is 13.8 Å². The molecule has 0 aromatic carbocycles. The first-order valence-electron chi connectivity index (χ1n) is 5.53. The Balaban J connectivity index is 2.82. The van der Waals surface area contributed by atoms with Gasteiger partial charge in [-0.15, -0.1) is 17.8 Å². The summed E-state index contributed by atoms with van der Waals surface area (Å²) in [5.41, 5.74) is 6.15. The average Bonchev–Trinajstić information content (AvgIpc) is 2.77. The third kappa shape index (κ3) is 3.55. The zero-order valence-electron chi connectivity index (χ0n) is 10.1. The molecule has 0 radical (unpaired) electrons. The molecule has 0 saturated carbocycles. The smallest absolute Gasteiger partial charge is 0.274 e. The normalized spacial score (nSPS) is 11.9. The lowest BCUT2D eigenvalue weighted by atomic mass is 10.3. The molecule has 2 N–H and O–H groups in total. The van der Waals surface area contributed by atoms with Crippen LogP contribution in [-0.4, -0.2) is 28.9 Å². The maximum Gasteiger partial charge on any atom is 0.274 e. The molecule has 1 rings (SSSR count). The van der Waals surface area contributed by atoms with Gasteiger partial charge in [-0.05, 0) is 13.3 Å². The Hall–Kier alpha value is -1.38. The largest absolute Gasteiger partial charge is 0.326 e.